The minimum absolute atomic E-state index is 0.0299. The Hall–Kier alpha value is -1.99. The van der Waals surface area contributed by atoms with Crippen molar-refractivity contribution in [2.75, 3.05) is 10.5 Å². The minimum Gasteiger partial charge on any atom is -0.399 e. The number of hydrogen-bond donors (Lipinski definition) is 2. The van der Waals surface area contributed by atoms with Crippen LogP contribution in [0.4, 0.5) is 11.4 Å². The molecule has 8 heteroatoms. The van der Waals surface area contributed by atoms with Crippen LogP contribution in [0.15, 0.2) is 46.2 Å². The third kappa shape index (κ3) is 2.94. The molecule has 6 nitrogen and oxygen atoms in total. The summed E-state index contributed by atoms with van der Waals surface area (Å²) in [5, 5.41) is 0.0299. The first-order valence-electron chi connectivity index (χ1n) is 5.54. The van der Waals surface area contributed by atoms with Gasteiger partial charge in [-0.3, -0.25) is 9.52 Å². The van der Waals surface area contributed by atoms with Crippen molar-refractivity contribution in [2.24, 2.45) is 7.05 Å². The van der Waals surface area contributed by atoms with E-state index in [1.807, 2.05) is 0 Å². The Labute approximate surface area is 120 Å². The standard InChI is InChI=1S/C12H12ClN3O3S/c1-16-7-9(3-5-12(16)17)15-20(18,19)11-4-2-8(14)6-10(11)13/h2-7,15H,14H2,1H3. The predicted molar refractivity (Wildman–Crippen MR) is 78.4 cm³/mol. The summed E-state index contributed by atoms with van der Waals surface area (Å²) < 4.78 is 28.0. The van der Waals surface area contributed by atoms with Crippen LogP contribution in [0.25, 0.3) is 0 Å². The van der Waals surface area contributed by atoms with Gasteiger partial charge >= 0.3 is 0 Å². The number of halogens is 1. The van der Waals surface area contributed by atoms with E-state index in [1.54, 1.807) is 0 Å². The van der Waals surface area contributed by atoms with Gasteiger partial charge < -0.3 is 10.3 Å². The summed E-state index contributed by atoms with van der Waals surface area (Å²) in [5.74, 6) is 0. The van der Waals surface area contributed by atoms with E-state index < -0.39 is 10.0 Å². The molecule has 1 aromatic heterocycles. The quantitative estimate of drug-likeness (QED) is 0.838. The molecule has 0 spiro atoms. The molecule has 0 aliphatic heterocycles. The fourth-order valence-corrected chi connectivity index (χ4v) is 3.20. The summed E-state index contributed by atoms with van der Waals surface area (Å²) in [6, 6.07) is 6.77. The summed E-state index contributed by atoms with van der Waals surface area (Å²) in [6.45, 7) is 0. The van der Waals surface area contributed by atoms with E-state index in [9.17, 15) is 13.2 Å². The van der Waals surface area contributed by atoms with Crippen molar-refractivity contribution < 1.29 is 8.42 Å². The van der Waals surface area contributed by atoms with Gasteiger partial charge in [-0.2, -0.15) is 0 Å². The molecule has 0 atom stereocenters. The maximum Gasteiger partial charge on any atom is 0.263 e. The maximum atomic E-state index is 12.2. The second kappa shape index (κ2) is 5.18. The molecule has 3 N–H and O–H groups in total. The lowest BCUT2D eigenvalue weighted by atomic mass is 10.3. The Morgan fingerprint density at radius 3 is 2.55 bits per heavy atom. The fraction of sp³-hybridized carbons (Fsp3) is 0.0833. The number of benzene rings is 1. The SMILES string of the molecule is Cn1cc(NS(=O)(=O)c2ccc(N)cc2Cl)ccc1=O. The molecular weight excluding hydrogens is 302 g/mol. The van der Waals surface area contributed by atoms with Gasteiger partial charge in [0.15, 0.2) is 0 Å². The number of hydrogen-bond acceptors (Lipinski definition) is 4. The van der Waals surface area contributed by atoms with E-state index in [-0.39, 0.29) is 21.2 Å². The molecular formula is C12H12ClN3O3S. The topological polar surface area (TPSA) is 94.2 Å². The zero-order valence-corrected chi connectivity index (χ0v) is 12.1. The molecule has 0 fully saturated rings. The average Bonchev–Trinajstić information content (AvgIpc) is 2.33. The smallest absolute Gasteiger partial charge is 0.263 e. The predicted octanol–water partition coefficient (Wildman–Crippen LogP) is 1.42. The van der Waals surface area contributed by atoms with Gasteiger partial charge in [-0.15, -0.1) is 0 Å². The molecule has 0 aliphatic carbocycles. The fourth-order valence-electron chi connectivity index (χ4n) is 1.60. The number of rotatable bonds is 3. The van der Waals surface area contributed by atoms with Crippen LogP contribution in [-0.4, -0.2) is 13.0 Å². The molecule has 2 aromatic rings. The Kier molecular flexibility index (Phi) is 3.74. The molecule has 0 aliphatic rings. The van der Waals surface area contributed by atoms with Crippen molar-refractivity contribution in [3.05, 3.63) is 51.9 Å². The molecule has 1 heterocycles. The van der Waals surface area contributed by atoms with Crippen molar-refractivity contribution in [2.45, 2.75) is 4.90 Å². The Balaban J connectivity index is 2.40. The second-order valence-electron chi connectivity index (χ2n) is 4.16. The Morgan fingerprint density at radius 2 is 1.95 bits per heavy atom. The van der Waals surface area contributed by atoms with Crippen LogP contribution >= 0.6 is 11.6 Å². The number of anilines is 2. The van der Waals surface area contributed by atoms with Gasteiger partial charge in [0.05, 0.1) is 10.7 Å². The maximum absolute atomic E-state index is 12.2. The number of nitrogen functional groups attached to an aromatic ring is 1. The lowest BCUT2D eigenvalue weighted by Gasteiger charge is -2.10. The molecule has 1 aromatic carbocycles. The molecule has 0 amide bonds. The van der Waals surface area contributed by atoms with Crippen LogP contribution < -0.4 is 16.0 Å². The number of pyridine rings is 1. The van der Waals surface area contributed by atoms with Crippen molar-refractivity contribution >= 4 is 33.0 Å². The number of nitrogens with zero attached hydrogens (tertiary/aromatic N) is 1. The summed E-state index contributed by atoms with van der Waals surface area (Å²) in [6.07, 6.45) is 1.38. The Bertz CT molecular complexity index is 815. The van der Waals surface area contributed by atoms with Gasteiger partial charge in [0, 0.05) is 25.0 Å². The summed E-state index contributed by atoms with van der Waals surface area (Å²) in [7, 11) is -2.32. The van der Waals surface area contributed by atoms with Gasteiger partial charge in [-0.05, 0) is 24.3 Å². The highest BCUT2D eigenvalue weighted by molar-refractivity contribution is 7.92. The van der Waals surface area contributed by atoms with Crippen LogP contribution in [0.5, 0.6) is 0 Å². The molecule has 0 saturated carbocycles. The highest BCUT2D eigenvalue weighted by Crippen LogP contribution is 2.25. The molecule has 0 bridgehead atoms. The van der Waals surface area contributed by atoms with Crippen LogP contribution in [0.3, 0.4) is 0 Å². The lowest BCUT2D eigenvalue weighted by Crippen LogP contribution is -2.18. The molecule has 0 radical (unpaired) electrons. The van der Waals surface area contributed by atoms with Crippen molar-refractivity contribution in [3.8, 4) is 0 Å². The molecule has 106 valence electrons. The number of aromatic nitrogens is 1. The van der Waals surface area contributed by atoms with Crippen LogP contribution in [-0.2, 0) is 17.1 Å². The van der Waals surface area contributed by atoms with E-state index in [2.05, 4.69) is 4.72 Å². The largest absolute Gasteiger partial charge is 0.399 e. The van der Waals surface area contributed by atoms with Gasteiger partial charge in [0.2, 0.25) is 5.56 Å². The van der Waals surface area contributed by atoms with Gasteiger partial charge in [0.25, 0.3) is 10.0 Å². The van der Waals surface area contributed by atoms with Crippen LogP contribution in [0.2, 0.25) is 5.02 Å². The molecule has 0 saturated heterocycles. The summed E-state index contributed by atoms with van der Waals surface area (Å²) in [4.78, 5) is 11.2. The third-order valence-electron chi connectivity index (χ3n) is 2.58. The third-order valence-corrected chi connectivity index (χ3v) is 4.45. The first-order valence-corrected chi connectivity index (χ1v) is 7.40. The van der Waals surface area contributed by atoms with Gasteiger partial charge in [0.1, 0.15) is 4.90 Å². The number of nitrogens with one attached hydrogen (secondary N) is 1. The zero-order valence-electron chi connectivity index (χ0n) is 10.5. The Morgan fingerprint density at radius 1 is 1.25 bits per heavy atom. The van der Waals surface area contributed by atoms with E-state index in [0.29, 0.717) is 5.69 Å². The highest BCUT2D eigenvalue weighted by atomic mass is 35.5. The van der Waals surface area contributed by atoms with E-state index >= 15 is 0 Å². The lowest BCUT2D eigenvalue weighted by molar-refractivity contribution is 0.601. The van der Waals surface area contributed by atoms with E-state index in [0.717, 1.165) is 0 Å². The van der Waals surface area contributed by atoms with Crippen LogP contribution in [0.1, 0.15) is 0 Å². The van der Waals surface area contributed by atoms with Crippen molar-refractivity contribution in [1.29, 1.82) is 0 Å². The molecule has 0 unspecified atom stereocenters. The summed E-state index contributed by atoms with van der Waals surface area (Å²) in [5.41, 5.74) is 5.92. The first-order chi connectivity index (χ1) is 9.29. The first kappa shape index (κ1) is 14.4. The highest BCUT2D eigenvalue weighted by Gasteiger charge is 2.18. The monoisotopic (exact) mass is 313 g/mol. The van der Waals surface area contributed by atoms with Gasteiger partial charge in [-0.1, -0.05) is 11.6 Å². The van der Waals surface area contributed by atoms with Crippen molar-refractivity contribution in [1.82, 2.24) is 4.57 Å². The van der Waals surface area contributed by atoms with Crippen LogP contribution in [0, 0.1) is 0 Å². The number of nitrogens with two attached hydrogens (primary N) is 1. The van der Waals surface area contributed by atoms with E-state index in [1.165, 1.54) is 48.1 Å². The zero-order chi connectivity index (χ0) is 14.9. The number of sulfonamides is 1. The van der Waals surface area contributed by atoms with Crippen molar-refractivity contribution in [3.63, 3.8) is 0 Å². The summed E-state index contributed by atoms with van der Waals surface area (Å²) >= 11 is 5.88. The molecule has 2 rings (SSSR count). The van der Waals surface area contributed by atoms with E-state index in [4.69, 9.17) is 17.3 Å². The normalized spacial score (nSPS) is 11.3. The number of aryl methyl sites for hydroxylation is 1. The second-order valence-corrected chi connectivity index (χ2v) is 6.22. The minimum atomic E-state index is -3.84. The average molecular weight is 314 g/mol. The van der Waals surface area contributed by atoms with Gasteiger partial charge in [-0.25, -0.2) is 8.42 Å². The molecule has 20 heavy (non-hydrogen) atoms.